The molecule has 2 heteroatoms. The van der Waals surface area contributed by atoms with Crippen molar-refractivity contribution >= 4 is 0 Å². The molecule has 0 radical (unpaired) electrons. The normalized spacial score (nSPS) is 34.4. The molecule has 0 amide bonds. The fourth-order valence-corrected chi connectivity index (χ4v) is 3.15. The molecule has 1 saturated carbocycles. The summed E-state index contributed by atoms with van der Waals surface area (Å²) >= 11 is 0. The highest BCUT2D eigenvalue weighted by molar-refractivity contribution is 5.14. The van der Waals surface area contributed by atoms with Crippen molar-refractivity contribution in [3.63, 3.8) is 0 Å². The van der Waals surface area contributed by atoms with Crippen LogP contribution in [-0.2, 0) is 4.74 Å². The van der Waals surface area contributed by atoms with Crippen LogP contribution in [0, 0.1) is 11.3 Å². The molecule has 0 atom stereocenters. The van der Waals surface area contributed by atoms with Crippen LogP contribution in [-0.4, -0.2) is 17.3 Å². The van der Waals surface area contributed by atoms with E-state index < -0.39 is 5.60 Å². The van der Waals surface area contributed by atoms with E-state index in [0.29, 0.717) is 5.41 Å². The number of hydrogen-bond donors (Lipinski definition) is 1. The molecule has 0 unspecified atom stereocenters. The number of rotatable bonds is 3. The van der Waals surface area contributed by atoms with Crippen LogP contribution in [0.25, 0.3) is 0 Å². The van der Waals surface area contributed by atoms with Crippen LogP contribution in [0.1, 0.15) is 59.3 Å². The van der Waals surface area contributed by atoms with E-state index in [4.69, 9.17) is 4.74 Å². The lowest BCUT2D eigenvalue weighted by atomic mass is 9.66. The minimum atomic E-state index is -0.656. The average molecular weight is 238 g/mol. The predicted octanol–water partition coefficient (Wildman–Crippen LogP) is 3.65. The van der Waals surface area contributed by atoms with Crippen molar-refractivity contribution in [1.82, 2.24) is 0 Å². The Hall–Kier alpha value is -0.500. The maximum atomic E-state index is 10.6. The maximum Gasteiger partial charge on any atom is 0.124 e. The van der Waals surface area contributed by atoms with E-state index in [-0.39, 0.29) is 0 Å². The van der Waals surface area contributed by atoms with Crippen LogP contribution >= 0.6 is 0 Å². The Labute approximate surface area is 105 Å². The summed E-state index contributed by atoms with van der Waals surface area (Å²) in [6.45, 7) is 7.73. The third kappa shape index (κ3) is 2.52. The molecule has 1 fully saturated rings. The molecule has 98 valence electrons. The van der Waals surface area contributed by atoms with E-state index in [1.807, 2.05) is 0 Å². The van der Waals surface area contributed by atoms with Crippen LogP contribution in [0.15, 0.2) is 11.8 Å². The van der Waals surface area contributed by atoms with Crippen molar-refractivity contribution in [3.8, 4) is 0 Å². The van der Waals surface area contributed by atoms with Crippen LogP contribution in [0.5, 0.6) is 0 Å². The largest absolute Gasteiger partial charge is 0.495 e. The molecule has 0 bridgehead atoms. The van der Waals surface area contributed by atoms with E-state index in [0.717, 1.165) is 50.4 Å². The van der Waals surface area contributed by atoms with E-state index in [9.17, 15) is 5.11 Å². The molecule has 2 aliphatic rings. The molecule has 1 N–H and O–H groups in total. The lowest BCUT2D eigenvalue weighted by Crippen LogP contribution is -2.39. The Morgan fingerprint density at radius 2 is 2.06 bits per heavy atom. The fraction of sp³-hybridized carbons (Fsp3) is 0.867. The van der Waals surface area contributed by atoms with Gasteiger partial charge >= 0.3 is 0 Å². The molecule has 2 nitrogen and oxygen atoms in total. The summed E-state index contributed by atoms with van der Waals surface area (Å²) < 4.78 is 5.55. The maximum absolute atomic E-state index is 10.6. The van der Waals surface area contributed by atoms with Crippen LogP contribution in [0.4, 0.5) is 0 Å². The first kappa shape index (κ1) is 12.9. The van der Waals surface area contributed by atoms with Gasteiger partial charge in [0.2, 0.25) is 0 Å². The second-order valence-electron chi connectivity index (χ2n) is 6.35. The molecule has 1 aliphatic carbocycles. The number of ether oxygens (including phenoxy) is 1. The van der Waals surface area contributed by atoms with Crippen molar-refractivity contribution in [2.24, 2.45) is 11.3 Å². The zero-order valence-electron chi connectivity index (χ0n) is 11.5. The summed E-state index contributed by atoms with van der Waals surface area (Å²) in [7, 11) is 0. The van der Waals surface area contributed by atoms with Gasteiger partial charge in [0, 0.05) is 6.42 Å². The van der Waals surface area contributed by atoms with E-state index in [2.05, 4.69) is 26.8 Å². The Morgan fingerprint density at radius 1 is 1.41 bits per heavy atom. The van der Waals surface area contributed by atoms with Gasteiger partial charge in [0.1, 0.15) is 11.4 Å². The zero-order chi connectivity index (χ0) is 12.5. The molecule has 0 aromatic rings. The van der Waals surface area contributed by atoms with Crippen molar-refractivity contribution in [3.05, 3.63) is 11.8 Å². The molecule has 1 aliphatic heterocycles. The van der Waals surface area contributed by atoms with Gasteiger partial charge in [-0.15, -0.1) is 0 Å². The zero-order valence-corrected chi connectivity index (χ0v) is 11.5. The first-order chi connectivity index (χ1) is 7.98. The Bertz CT molecular complexity index is 296. The SMILES string of the molecule is CCC(C)(C)C1CCC(O)(C2=CCCO2)CC1. The molecule has 1 heterocycles. The van der Waals surface area contributed by atoms with E-state index in [1.165, 1.54) is 6.42 Å². The Balaban J connectivity index is 1.98. The molecular weight excluding hydrogens is 212 g/mol. The summed E-state index contributed by atoms with van der Waals surface area (Å²) in [5.41, 5.74) is -0.247. The van der Waals surface area contributed by atoms with Crippen molar-refractivity contribution in [2.45, 2.75) is 64.9 Å². The van der Waals surface area contributed by atoms with Crippen LogP contribution < -0.4 is 0 Å². The van der Waals surface area contributed by atoms with Gasteiger partial charge in [0.25, 0.3) is 0 Å². The first-order valence-corrected chi connectivity index (χ1v) is 7.04. The van der Waals surface area contributed by atoms with Gasteiger partial charge in [-0.25, -0.2) is 0 Å². The third-order valence-electron chi connectivity index (χ3n) is 4.99. The second kappa shape index (κ2) is 4.64. The predicted molar refractivity (Wildman–Crippen MR) is 69.6 cm³/mol. The summed E-state index contributed by atoms with van der Waals surface area (Å²) in [4.78, 5) is 0. The minimum absolute atomic E-state index is 0.409. The van der Waals surface area contributed by atoms with E-state index in [1.54, 1.807) is 0 Å². The molecular formula is C15H26O2. The van der Waals surface area contributed by atoms with Crippen LogP contribution in [0.2, 0.25) is 0 Å². The lowest BCUT2D eigenvalue weighted by Gasteiger charge is -2.42. The molecule has 0 aromatic heterocycles. The monoisotopic (exact) mass is 238 g/mol. The van der Waals surface area contributed by atoms with Gasteiger partial charge in [-0.05, 0) is 43.1 Å². The Kier molecular flexibility index (Phi) is 3.53. The molecule has 2 rings (SSSR count). The summed E-state index contributed by atoms with van der Waals surface area (Å²) in [5.74, 6) is 1.60. The fourth-order valence-electron chi connectivity index (χ4n) is 3.15. The first-order valence-electron chi connectivity index (χ1n) is 7.04. The highest BCUT2D eigenvalue weighted by atomic mass is 16.5. The quantitative estimate of drug-likeness (QED) is 0.813. The van der Waals surface area contributed by atoms with Crippen molar-refractivity contribution < 1.29 is 9.84 Å². The number of aliphatic hydroxyl groups is 1. The summed E-state index contributed by atoms with van der Waals surface area (Å²) in [6.07, 6.45) is 8.23. The topological polar surface area (TPSA) is 29.5 Å². The third-order valence-corrected chi connectivity index (χ3v) is 4.99. The van der Waals surface area contributed by atoms with Crippen molar-refractivity contribution in [2.75, 3.05) is 6.61 Å². The summed E-state index contributed by atoms with van der Waals surface area (Å²) in [5, 5.41) is 10.6. The Morgan fingerprint density at radius 3 is 2.53 bits per heavy atom. The molecule has 0 spiro atoms. The van der Waals surface area contributed by atoms with Crippen molar-refractivity contribution in [1.29, 1.82) is 0 Å². The molecule has 17 heavy (non-hydrogen) atoms. The smallest absolute Gasteiger partial charge is 0.124 e. The highest BCUT2D eigenvalue weighted by Gasteiger charge is 2.42. The van der Waals surface area contributed by atoms with Gasteiger partial charge in [-0.2, -0.15) is 0 Å². The lowest BCUT2D eigenvalue weighted by molar-refractivity contribution is -0.0357. The van der Waals surface area contributed by atoms with Crippen LogP contribution in [0.3, 0.4) is 0 Å². The van der Waals surface area contributed by atoms with Gasteiger partial charge in [-0.1, -0.05) is 27.2 Å². The van der Waals surface area contributed by atoms with E-state index >= 15 is 0 Å². The highest BCUT2D eigenvalue weighted by Crippen LogP contribution is 2.46. The average Bonchev–Trinajstić information content (AvgIpc) is 2.84. The minimum Gasteiger partial charge on any atom is -0.495 e. The van der Waals surface area contributed by atoms with Gasteiger partial charge in [0.05, 0.1) is 6.61 Å². The molecule has 0 saturated heterocycles. The van der Waals surface area contributed by atoms with Gasteiger partial charge < -0.3 is 9.84 Å². The van der Waals surface area contributed by atoms with Gasteiger partial charge in [-0.3, -0.25) is 0 Å². The standard InChI is InChI=1S/C15H26O2/c1-4-14(2,3)12-7-9-15(16,10-8-12)13-6-5-11-17-13/h6,12,16H,4-5,7-11H2,1-3H3. The number of hydrogen-bond acceptors (Lipinski definition) is 2. The summed E-state index contributed by atoms with van der Waals surface area (Å²) in [6, 6.07) is 0. The molecule has 0 aromatic carbocycles. The van der Waals surface area contributed by atoms with Gasteiger partial charge in [0.15, 0.2) is 0 Å². The second-order valence-corrected chi connectivity index (χ2v) is 6.35.